The SMILES string of the molecule is CC1CCCN(c2ccc(C(=O)O)c(F)c2F)C1CN. The molecule has 6 heteroatoms. The second-order valence-corrected chi connectivity index (χ2v) is 5.18. The average Bonchev–Trinajstić information content (AvgIpc) is 2.41. The van der Waals surface area contributed by atoms with Crippen molar-refractivity contribution in [3.63, 3.8) is 0 Å². The van der Waals surface area contributed by atoms with E-state index in [2.05, 4.69) is 0 Å². The van der Waals surface area contributed by atoms with E-state index in [1.807, 2.05) is 6.92 Å². The molecule has 1 aliphatic rings. The molecule has 1 fully saturated rings. The number of piperidine rings is 1. The van der Waals surface area contributed by atoms with E-state index >= 15 is 0 Å². The molecular formula is C14H18F2N2O2. The maximum atomic E-state index is 14.1. The van der Waals surface area contributed by atoms with Gasteiger partial charge in [-0.05, 0) is 30.9 Å². The molecule has 0 aromatic heterocycles. The summed E-state index contributed by atoms with van der Waals surface area (Å²) in [6.45, 7) is 2.97. The van der Waals surface area contributed by atoms with E-state index in [4.69, 9.17) is 10.8 Å². The van der Waals surface area contributed by atoms with E-state index in [1.54, 1.807) is 4.90 Å². The summed E-state index contributed by atoms with van der Waals surface area (Å²) in [5.41, 5.74) is 5.18. The monoisotopic (exact) mass is 284 g/mol. The predicted molar refractivity (Wildman–Crippen MR) is 71.9 cm³/mol. The van der Waals surface area contributed by atoms with E-state index in [9.17, 15) is 13.6 Å². The fraction of sp³-hybridized carbons (Fsp3) is 0.500. The first-order chi connectivity index (χ1) is 9.47. The molecule has 0 bridgehead atoms. The van der Waals surface area contributed by atoms with Crippen molar-refractivity contribution < 1.29 is 18.7 Å². The number of benzene rings is 1. The van der Waals surface area contributed by atoms with Gasteiger partial charge < -0.3 is 15.7 Å². The lowest BCUT2D eigenvalue weighted by Gasteiger charge is -2.41. The molecule has 1 aromatic rings. The maximum absolute atomic E-state index is 14.1. The molecule has 3 N–H and O–H groups in total. The summed E-state index contributed by atoms with van der Waals surface area (Å²) >= 11 is 0. The van der Waals surface area contributed by atoms with Gasteiger partial charge in [-0.2, -0.15) is 0 Å². The highest BCUT2D eigenvalue weighted by Gasteiger charge is 2.30. The molecule has 0 radical (unpaired) electrons. The van der Waals surface area contributed by atoms with Crippen molar-refractivity contribution in [3.8, 4) is 0 Å². The standard InChI is InChI=1S/C14H18F2N2O2/c1-8-3-2-6-18(11(8)7-17)10-5-4-9(14(19)20)12(15)13(10)16/h4-5,8,11H,2-3,6-7,17H2,1H3,(H,19,20). The Hall–Kier alpha value is -1.69. The zero-order valence-corrected chi connectivity index (χ0v) is 11.3. The normalized spacial score (nSPS) is 22.9. The average molecular weight is 284 g/mol. The molecule has 2 unspecified atom stereocenters. The molecule has 1 saturated heterocycles. The van der Waals surface area contributed by atoms with Crippen molar-refractivity contribution in [1.82, 2.24) is 0 Å². The molecule has 0 amide bonds. The molecule has 1 aliphatic heterocycles. The lowest BCUT2D eigenvalue weighted by molar-refractivity contribution is 0.0690. The summed E-state index contributed by atoms with van der Waals surface area (Å²) in [5, 5.41) is 8.79. The quantitative estimate of drug-likeness (QED) is 0.893. The first-order valence-corrected chi connectivity index (χ1v) is 6.65. The van der Waals surface area contributed by atoms with Crippen molar-refractivity contribution in [3.05, 3.63) is 29.3 Å². The third kappa shape index (κ3) is 2.47. The summed E-state index contributed by atoms with van der Waals surface area (Å²) in [4.78, 5) is 12.5. The van der Waals surface area contributed by atoms with Crippen LogP contribution in [0.5, 0.6) is 0 Å². The highest BCUT2D eigenvalue weighted by atomic mass is 19.2. The Labute approximate surface area is 116 Å². The van der Waals surface area contributed by atoms with Crippen molar-refractivity contribution in [2.45, 2.75) is 25.8 Å². The summed E-state index contributed by atoms with van der Waals surface area (Å²) in [6, 6.07) is 2.36. The number of hydrogen-bond donors (Lipinski definition) is 2. The summed E-state index contributed by atoms with van der Waals surface area (Å²) < 4.78 is 27.9. The summed E-state index contributed by atoms with van der Waals surface area (Å²) in [7, 11) is 0. The van der Waals surface area contributed by atoms with Crippen LogP contribution in [0.25, 0.3) is 0 Å². The Morgan fingerprint density at radius 3 is 2.75 bits per heavy atom. The molecule has 0 aliphatic carbocycles. The zero-order chi connectivity index (χ0) is 14.9. The number of aromatic carboxylic acids is 1. The van der Waals surface area contributed by atoms with Crippen LogP contribution < -0.4 is 10.6 Å². The van der Waals surface area contributed by atoms with Gasteiger partial charge in [-0.1, -0.05) is 6.92 Å². The largest absolute Gasteiger partial charge is 0.478 e. The van der Waals surface area contributed by atoms with Crippen molar-refractivity contribution >= 4 is 11.7 Å². The lowest BCUT2D eigenvalue weighted by Crippen LogP contribution is -2.49. The van der Waals surface area contributed by atoms with Gasteiger partial charge in [-0.25, -0.2) is 13.6 Å². The summed E-state index contributed by atoms with van der Waals surface area (Å²) in [6.07, 6.45) is 1.87. The molecule has 1 heterocycles. The van der Waals surface area contributed by atoms with Crippen molar-refractivity contribution in [2.75, 3.05) is 18.0 Å². The van der Waals surface area contributed by atoms with Gasteiger partial charge >= 0.3 is 5.97 Å². The van der Waals surface area contributed by atoms with E-state index in [0.29, 0.717) is 13.1 Å². The smallest absolute Gasteiger partial charge is 0.338 e. The van der Waals surface area contributed by atoms with Crippen LogP contribution in [0.1, 0.15) is 30.1 Å². The maximum Gasteiger partial charge on any atom is 0.338 e. The third-order valence-corrected chi connectivity index (χ3v) is 3.96. The van der Waals surface area contributed by atoms with Gasteiger partial charge in [0, 0.05) is 19.1 Å². The Balaban J connectivity index is 2.42. The molecular weight excluding hydrogens is 266 g/mol. The fourth-order valence-corrected chi connectivity index (χ4v) is 2.83. The summed E-state index contributed by atoms with van der Waals surface area (Å²) in [5.74, 6) is -3.62. The Kier molecular flexibility index (Phi) is 4.23. The lowest BCUT2D eigenvalue weighted by atomic mass is 9.90. The number of nitrogens with zero attached hydrogens (tertiary/aromatic N) is 1. The zero-order valence-electron chi connectivity index (χ0n) is 11.3. The number of hydrogen-bond acceptors (Lipinski definition) is 3. The first-order valence-electron chi connectivity index (χ1n) is 6.65. The molecule has 110 valence electrons. The van der Waals surface area contributed by atoms with Crippen LogP contribution in [-0.2, 0) is 0 Å². The molecule has 0 saturated carbocycles. The van der Waals surface area contributed by atoms with Crippen LogP contribution in [-0.4, -0.2) is 30.2 Å². The van der Waals surface area contributed by atoms with Gasteiger partial charge in [0.05, 0.1) is 11.3 Å². The number of rotatable bonds is 3. The number of carboxylic acid groups (broad SMARTS) is 1. The Morgan fingerprint density at radius 2 is 2.15 bits per heavy atom. The molecule has 0 spiro atoms. The van der Waals surface area contributed by atoms with E-state index in [1.165, 1.54) is 6.07 Å². The van der Waals surface area contributed by atoms with Gasteiger partial charge in [-0.3, -0.25) is 0 Å². The fourth-order valence-electron chi connectivity index (χ4n) is 2.83. The van der Waals surface area contributed by atoms with Crippen LogP contribution in [0, 0.1) is 17.6 Å². The molecule has 1 aromatic carbocycles. The number of carbonyl (C=O) groups is 1. The third-order valence-electron chi connectivity index (χ3n) is 3.96. The minimum atomic E-state index is -1.48. The number of anilines is 1. The Morgan fingerprint density at radius 1 is 1.45 bits per heavy atom. The van der Waals surface area contributed by atoms with Crippen LogP contribution >= 0.6 is 0 Å². The first kappa shape index (κ1) is 14.7. The van der Waals surface area contributed by atoms with Gasteiger partial charge in [0.1, 0.15) is 0 Å². The van der Waals surface area contributed by atoms with Gasteiger partial charge in [0.2, 0.25) is 0 Å². The van der Waals surface area contributed by atoms with Crippen molar-refractivity contribution in [1.29, 1.82) is 0 Å². The topological polar surface area (TPSA) is 66.6 Å². The predicted octanol–water partition coefficient (Wildman–Crippen LogP) is 2.23. The highest BCUT2D eigenvalue weighted by Crippen LogP contribution is 2.31. The molecule has 4 nitrogen and oxygen atoms in total. The van der Waals surface area contributed by atoms with Gasteiger partial charge in [-0.15, -0.1) is 0 Å². The second kappa shape index (κ2) is 5.75. The molecule has 2 rings (SSSR count). The van der Waals surface area contributed by atoms with Crippen LogP contribution in [0.3, 0.4) is 0 Å². The van der Waals surface area contributed by atoms with Crippen LogP contribution in [0.4, 0.5) is 14.5 Å². The second-order valence-electron chi connectivity index (χ2n) is 5.18. The van der Waals surface area contributed by atoms with E-state index in [-0.39, 0.29) is 17.6 Å². The Bertz CT molecular complexity index is 522. The van der Waals surface area contributed by atoms with Crippen LogP contribution in [0.2, 0.25) is 0 Å². The van der Waals surface area contributed by atoms with Gasteiger partial charge in [0.15, 0.2) is 11.6 Å². The van der Waals surface area contributed by atoms with Gasteiger partial charge in [0.25, 0.3) is 0 Å². The number of carboxylic acids is 1. The number of halogens is 2. The number of nitrogens with two attached hydrogens (primary N) is 1. The minimum absolute atomic E-state index is 0.0617. The van der Waals surface area contributed by atoms with Crippen LogP contribution in [0.15, 0.2) is 12.1 Å². The van der Waals surface area contributed by atoms with Crippen molar-refractivity contribution in [2.24, 2.45) is 11.7 Å². The molecule has 20 heavy (non-hydrogen) atoms. The van der Waals surface area contributed by atoms with E-state index < -0.39 is 23.2 Å². The minimum Gasteiger partial charge on any atom is -0.478 e. The molecule has 2 atom stereocenters. The highest BCUT2D eigenvalue weighted by molar-refractivity contribution is 5.88. The van der Waals surface area contributed by atoms with E-state index in [0.717, 1.165) is 18.9 Å².